The number of benzene rings is 2. The van der Waals surface area contributed by atoms with Crippen molar-refractivity contribution in [3.05, 3.63) is 48.5 Å². The fourth-order valence-corrected chi connectivity index (χ4v) is 2.43. The van der Waals surface area contributed by atoms with E-state index in [2.05, 4.69) is 31.4 Å². The van der Waals surface area contributed by atoms with Crippen LogP contribution in [0.25, 0.3) is 0 Å². The summed E-state index contributed by atoms with van der Waals surface area (Å²) < 4.78 is 11.5. The van der Waals surface area contributed by atoms with E-state index in [-0.39, 0.29) is 18.6 Å². The second-order valence-corrected chi connectivity index (χ2v) is 7.32. The van der Waals surface area contributed by atoms with E-state index in [1.165, 1.54) is 0 Å². The maximum absolute atomic E-state index is 12.2. The second-order valence-electron chi connectivity index (χ2n) is 7.32. The van der Waals surface area contributed by atoms with Gasteiger partial charge in [0, 0.05) is 17.4 Å². The van der Waals surface area contributed by atoms with Crippen LogP contribution in [0.15, 0.2) is 48.5 Å². The van der Waals surface area contributed by atoms with Gasteiger partial charge in [0.2, 0.25) is 5.91 Å². The number of carbonyl (C=O) groups is 1. The lowest BCUT2D eigenvalue weighted by Gasteiger charge is -2.14. The molecule has 0 spiro atoms. The minimum Gasteiger partial charge on any atom is -0.494 e. The molecule has 2 rings (SSSR count). The highest BCUT2D eigenvalue weighted by molar-refractivity contribution is 5.93. The first-order valence-electron chi connectivity index (χ1n) is 9.99. The van der Waals surface area contributed by atoms with Gasteiger partial charge >= 0.3 is 0 Å². The van der Waals surface area contributed by atoms with Crippen molar-refractivity contribution in [1.29, 1.82) is 0 Å². The van der Waals surface area contributed by atoms with Crippen molar-refractivity contribution in [3.8, 4) is 11.5 Å². The number of nitrogens with one attached hydrogen (secondary N) is 2. The molecule has 1 unspecified atom stereocenters. The number of carbonyl (C=O) groups excluding carboxylic acids is 1. The fourth-order valence-electron chi connectivity index (χ4n) is 2.43. The molecule has 2 N–H and O–H groups in total. The molecule has 0 aliphatic heterocycles. The van der Waals surface area contributed by atoms with Crippen LogP contribution >= 0.6 is 0 Å². The summed E-state index contributed by atoms with van der Waals surface area (Å²) in [5.41, 5.74) is 1.60. The van der Waals surface area contributed by atoms with Crippen LogP contribution in [0.5, 0.6) is 11.5 Å². The highest BCUT2D eigenvalue weighted by atomic mass is 16.5. The van der Waals surface area contributed by atoms with E-state index in [0.29, 0.717) is 12.5 Å². The normalized spacial score (nSPS) is 11.8. The Morgan fingerprint density at radius 1 is 1.00 bits per heavy atom. The van der Waals surface area contributed by atoms with Gasteiger partial charge in [0.1, 0.15) is 11.5 Å². The zero-order valence-electron chi connectivity index (χ0n) is 17.3. The Labute approximate surface area is 168 Å². The Morgan fingerprint density at radius 3 is 2.43 bits per heavy atom. The molecule has 0 heterocycles. The Morgan fingerprint density at radius 2 is 1.75 bits per heavy atom. The molecule has 0 aliphatic carbocycles. The average Bonchev–Trinajstić information content (AvgIpc) is 2.68. The van der Waals surface area contributed by atoms with Gasteiger partial charge in [0.15, 0.2) is 0 Å². The SMILES string of the molecule is CCC(C)Oc1cccc(NCC(=O)Nc2ccc(OCCC(C)C)cc2)c1. The molecule has 0 saturated heterocycles. The van der Waals surface area contributed by atoms with Crippen molar-refractivity contribution < 1.29 is 14.3 Å². The number of hydrogen-bond acceptors (Lipinski definition) is 4. The van der Waals surface area contributed by atoms with Crippen molar-refractivity contribution in [2.45, 2.75) is 46.6 Å². The van der Waals surface area contributed by atoms with Crippen molar-refractivity contribution >= 4 is 17.3 Å². The molecule has 28 heavy (non-hydrogen) atoms. The molecule has 0 fully saturated rings. The van der Waals surface area contributed by atoms with Crippen LogP contribution in [0.3, 0.4) is 0 Å². The molecule has 1 amide bonds. The first kappa shape index (κ1) is 21.6. The Kier molecular flexibility index (Phi) is 8.66. The summed E-state index contributed by atoms with van der Waals surface area (Å²) in [6.45, 7) is 9.35. The summed E-state index contributed by atoms with van der Waals surface area (Å²) in [5, 5.41) is 6.01. The third-order valence-corrected chi connectivity index (χ3v) is 4.30. The Hall–Kier alpha value is -2.69. The predicted octanol–water partition coefficient (Wildman–Crippen LogP) is 5.34. The van der Waals surface area contributed by atoms with E-state index in [1.54, 1.807) is 0 Å². The lowest BCUT2D eigenvalue weighted by atomic mass is 10.1. The lowest BCUT2D eigenvalue weighted by Crippen LogP contribution is -2.21. The van der Waals surface area contributed by atoms with E-state index in [4.69, 9.17) is 9.47 Å². The average molecular weight is 385 g/mol. The molecular weight excluding hydrogens is 352 g/mol. The van der Waals surface area contributed by atoms with Crippen molar-refractivity contribution in [1.82, 2.24) is 0 Å². The minimum absolute atomic E-state index is 0.110. The molecule has 0 bridgehead atoms. The molecule has 5 nitrogen and oxygen atoms in total. The molecule has 0 aliphatic rings. The summed E-state index contributed by atoms with van der Waals surface area (Å²) >= 11 is 0. The zero-order valence-corrected chi connectivity index (χ0v) is 17.3. The van der Waals surface area contributed by atoms with Crippen LogP contribution in [0, 0.1) is 5.92 Å². The zero-order chi connectivity index (χ0) is 20.4. The van der Waals surface area contributed by atoms with E-state index in [9.17, 15) is 4.79 Å². The van der Waals surface area contributed by atoms with Gasteiger partial charge in [0.05, 0.1) is 19.3 Å². The fraction of sp³-hybridized carbons (Fsp3) is 0.435. The third kappa shape index (κ3) is 7.91. The number of hydrogen-bond donors (Lipinski definition) is 2. The summed E-state index contributed by atoms with van der Waals surface area (Å²) in [4.78, 5) is 12.2. The summed E-state index contributed by atoms with van der Waals surface area (Å²) in [6, 6.07) is 15.1. The van der Waals surface area contributed by atoms with E-state index >= 15 is 0 Å². The topological polar surface area (TPSA) is 59.6 Å². The van der Waals surface area contributed by atoms with E-state index in [0.717, 1.165) is 35.7 Å². The summed E-state index contributed by atoms with van der Waals surface area (Å²) in [5.74, 6) is 2.12. The molecule has 0 radical (unpaired) electrons. The van der Waals surface area contributed by atoms with Gasteiger partial charge in [-0.05, 0) is 62.1 Å². The van der Waals surface area contributed by atoms with Crippen LogP contribution in [-0.4, -0.2) is 25.2 Å². The van der Waals surface area contributed by atoms with Crippen molar-refractivity contribution in [2.75, 3.05) is 23.8 Å². The summed E-state index contributed by atoms with van der Waals surface area (Å²) in [6.07, 6.45) is 2.13. The van der Waals surface area contributed by atoms with Crippen LogP contribution < -0.4 is 20.1 Å². The molecule has 0 saturated carbocycles. The van der Waals surface area contributed by atoms with Gasteiger partial charge in [-0.15, -0.1) is 0 Å². The van der Waals surface area contributed by atoms with Crippen LogP contribution in [0.4, 0.5) is 11.4 Å². The Bertz CT molecular complexity index is 729. The monoisotopic (exact) mass is 384 g/mol. The third-order valence-electron chi connectivity index (χ3n) is 4.30. The van der Waals surface area contributed by atoms with E-state index in [1.807, 2.05) is 55.5 Å². The lowest BCUT2D eigenvalue weighted by molar-refractivity contribution is -0.114. The quantitative estimate of drug-likeness (QED) is 0.549. The van der Waals surface area contributed by atoms with Crippen molar-refractivity contribution in [2.24, 2.45) is 5.92 Å². The first-order chi connectivity index (χ1) is 13.5. The maximum Gasteiger partial charge on any atom is 0.243 e. The van der Waals surface area contributed by atoms with Gasteiger partial charge in [-0.2, -0.15) is 0 Å². The molecule has 1 atom stereocenters. The molecule has 2 aromatic carbocycles. The van der Waals surface area contributed by atoms with E-state index < -0.39 is 0 Å². The largest absolute Gasteiger partial charge is 0.494 e. The second kappa shape index (κ2) is 11.2. The maximum atomic E-state index is 12.2. The van der Waals surface area contributed by atoms with Gasteiger partial charge in [-0.25, -0.2) is 0 Å². The first-order valence-corrected chi connectivity index (χ1v) is 9.99. The molecule has 0 aromatic heterocycles. The van der Waals surface area contributed by atoms with Crippen LogP contribution in [0.1, 0.15) is 40.5 Å². The number of rotatable bonds is 11. The summed E-state index contributed by atoms with van der Waals surface area (Å²) in [7, 11) is 0. The Balaban J connectivity index is 1.78. The van der Waals surface area contributed by atoms with Gasteiger partial charge in [0.25, 0.3) is 0 Å². The predicted molar refractivity (Wildman–Crippen MR) is 115 cm³/mol. The highest BCUT2D eigenvalue weighted by Gasteiger charge is 2.05. The van der Waals surface area contributed by atoms with Crippen LogP contribution in [0.2, 0.25) is 0 Å². The van der Waals surface area contributed by atoms with Gasteiger partial charge < -0.3 is 20.1 Å². The van der Waals surface area contributed by atoms with Gasteiger partial charge in [-0.1, -0.05) is 26.8 Å². The smallest absolute Gasteiger partial charge is 0.243 e. The van der Waals surface area contributed by atoms with Crippen LogP contribution in [-0.2, 0) is 4.79 Å². The van der Waals surface area contributed by atoms with Crippen molar-refractivity contribution in [3.63, 3.8) is 0 Å². The number of amides is 1. The number of ether oxygens (including phenoxy) is 2. The molecule has 5 heteroatoms. The molecular formula is C23H32N2O3. The van der Waals surface area contributed by atoms with Gasteiger partial charge in [-0.3, -0.25) is 4.79 Å². The minimum atomic E-state index is -0.110. The highest BCUT2D eigenvalue weighted by Crippen LogP contribution is 2.19. The standard InChI is InChI=1S/C23H32N2O3/c1-5-18(4)28-22-8-6-7-20(15-22)24-16-23(26)25-19-9-11-21(12-10-19)27-14-13-17(2)3/h6-12,15,17-18,24H,5,13-14,16H2,1-4H3,(H,25,26). The molecule has 2 aromatic rings. The molecule has 152 valence electrons. The number of anilines is 2.